The first-order chi connectivity index (χ1) is 11.4. The largest absolute Gasteiger partial charge is 0.495 e. The maximum absolute atomic E-state index is 12.9. The Morgan fingerprint density at radius 2 is 1.88 bits per heavy atom. The number of methoxy groups -OCH3 is 1. The molecule has 0 radical (unpaired) electrons. The summed E-state index contributed by atoms with van der Waals surface area (Å²) in [5.41, 5.74) is 0.173. The number of ether oxygens (including phenoxy) is 1. The molecule has 1 aromatic rings. The molecular formula is C17H24N2O4S. The molecule has 0 bridgehead atoms. The zero-order valence-electron chi connectivity index (χ0n) is 14.2. The maximum atomic E-state index is 12.9. The van der Waals surface area contributed by atoms with Gasteiger partial charge in [-0.15, -0.1) is 0 Å². The van der Waals surface area contributed by atoms with Crippen molar-refractivity contribution < 1.29 is 17.9 Å². The summed E-state index contributed by atoms with van der Waals surface area (Å²) >= 11 is 0. The third-order valence-electron chi connectivity index (χ3n) is 4.98. The average molecular weight is 352 g/mol. The van der Waals surface area contributed by atoms with Crippen molar-refractivity contribution in [3.05, 3.63) is 23.8 Å². The fourth-order valence-corrected chi connectivity index (χ4v) is 4.96. The quantitative estimate of drug-likeness (QED) is 0.881. The van der Waals surface area contributed by atoms with Gasteiger partial charge in [0.25, 0.3) is 5.91 Å². The zero-order valence-corrected chi connectivity index (χ0v) is 15.0. The van der Waals surface area contributed by atoms with E-state index in [1.165, 1.54) is 17.5 Å². The number of nitrogens with zero attached hydrogens (tertiary/aromatic N) is 1. The number of carbonyl (C=O) groups is 1. The minimum absolute atomic E-state index is 0.0679. The molecule has 1 saturated heterocycles. The van der Waals surface area contributed by atoms with Crippen LogP contribution in [0.2, 0.25) is 0 Å². The van der Waals surface area contributed by atoms with Crippen LogP contribution in [0.25, 0.3) is 0 Å². The predicted molar refractivity (Wildman–Crippen MR) is 90.7 cm³/mol. The summed E-state index contributed by atoms with van der Waals surface area (Å²) in [4.78, 5) is 12.6. The van der Waals surface area contributed by atoms with Gasteiger partial charge in [0.2, 0.25) is 10.0 Å². The van der Waals surface area contributed by atoms with E-state index in [0.717, 1.165) is 32.1 Å². The van der Waals surface area contributed by atoms with Crippen molar-refractivity contribution >= 4 is 15.9 Å². The van der Waals surface area contributed by atoms with Gasteiger partial charge in [0, 0.05) is 24.2 Å². The molecule has 3 rings (SSSR count). The number of hydrogen-bond acceptors (Lipinski definition) is 4. The third-order valence-corrected chi connectivity index (χ3v) is 6.90. The Morgan fingerprint density at radius 3 is 2.42 bits per heavy atom. The van der Waals surface area contributed by atoms with Gasteiger partial charge in [-0.3, -0.25) is 4.79 Å². The summed E-state index contributed by atoms with van der Waals surface area (Å²) < 4.78 is 32.4. The van der Waals surface area contributed by atoms with Gasteiger partial charge in [-0.25, -0.2) is 8.42 Å². The molecule has 1 aliphatic heterocycles. The maximum Gasteiger partial charge on any atom is 0.251 e. The molecule has 2 aliphatic rings. The lowest BCUT2D eigenvalue weighted by Gasteiger charge is -2.39. The van der Waals surface area contributed by atoms with Gasteiger partial charge in [0.05, 0.1) is 7.11 Å². The van der Waals surface area contributed by atoms with Crippen molar-refractivity contribution in [2.45, 2.75) is 49.5 Å². The van der Waals surface area contributed by atoms with Crippen molar-refractivity contribution in [3.8, 4) is 5.75 Å². The van der Waals surface area contributed by atoms with Gasteiger partial charge in [0.1, 0.15) is 10.6 Å². The van der Waals surface area contributed by atoms with E-state index in [-0.39, 0.29) is 22.1 Å². The Labute approximate surface area is 143 Å². The standard InChI is InChI=1S/C17H24N2O4S/c1-17(8-5-9-17)18-16(20)13-6-7-14(23-2)15(12-13)24(21,22)19-10-3-4-11-19/h6-7,12H,3-5,8-11H2,1-2H3,(H,18,20). The SMILES string of the molecule is COc1ccc(C(=O)NC2(C)CCC2)cc1S(=O)(=O)N1CCCC1. The van der Waals surface area contributed by atoms with E-state index < -0.39 is 10.0 Å². The summed E-state index contributed by atoms with van der Waals surface area (Å²) in [6, 6.07) is 4.60. The lowest BCUT2D eigenvalue weighted by atomic mass is 9.78. The normalized spacial score (nSPS) is 20.4. The van der Waals surface area contributed by atoms with Crippen LogP contribution in [0.4, 0.5) is 0 Å². The van der Waals surface area contributed by atoms with Crippen LogP contribution in [-0.4, -0.2) is 44.4 Å². The number of carbonyl (C=O) groups excluding carboxylic acids is 1. The topological polar surface area (TPSA) is 75.7 Å². The van der Waals surface area contributed by atoms with Crippen molar-refractivity contribution in [3.63, 3.8) is 0 Å². The number of amides is 1. The summed E-state index contributed by atoms with van der Waals surface area (Å²) in [5, 5.41) is 3.01. The summed E-state index contributed by atoms with van der Waals surface area (Å²) in [7, 11) is -2.21. The van der Waals surface area contributed by atoms with E-state index in [0.29, 0.717) is 18.7 Å². The molecule has 1 amide bonds. The molecule has 1 N–H and O–H groups in total. The van der Waals surface area contributed by atoms with Crippen LogP contribution in [0.3, 0.4) is 0 Å². The second-order valence-corrected chi connectivity index (χ2v) is 8.75. The molecule has 1 aromatic carbocycles. The van der Waals surface area contributed by atoms with E-state index in [2.05, 4.69) is 5.32 Å². The van der Waals surface area contributed by atoms with E-state index in [9.17, 15) is 13.2 Å². The smallest absolute Gasteiger partial charge is 0.251 e. The lowest BCUT2D eigenvalue weighted by molar-refractivity contribution is 0.0850. The van der Waals surface area contributed by atoms with Crippen molar-refractivity contribution in [2.75, 3.05) is 20.2 Å². The molecule has 0 atom stereocenters. The van der Waals surface area contributed by atoms with Crippen LogP contribution in [0.1, 0.15) is 49.4 Å². The van der Waals surface area contributed by atoms with Gasteiger partial charge in [-0.05, 0) is 57.2 Å². The Hall–Kier alpha value is -1.60. The number of benzene rings is 1. The van der Waals surface area contributed by atoms with Gasteiger partial charge in [-0.2, -0.15) is 4.31 Å². The molecule has 0 aromatic heterocycles. The Bertz CT molecular complexity index is 735. The lowest BCUT2D eigenvalue weighted by Crippen LogP contribution is -2.50. The van der Waals surface area contributed by atoms with Gasteiger partial charge in [-0.1, -0.05) is 0 Å². The Morgan fingerprint density at radius 1 is 1.21 bits per heavy atom. The van der Waals surface area contributed by atoms with E-state index in [1.807, 2.05) is 6.92 Å². The molecule has 0 spiro atoms. The average Bonchev–Trinajstić information content (AvgIpc) is 3.08. The first-order valence-electron chi connectivity index (χ1n) is 8.36. The zero-order chi connectivity index (χ0) is 17.4. The van der Waals surface area contributed by atoms with Crippen molar-refractivity contribution in [1.29, 1.82) is 0 Å². The second-order valence-electron chi connectivity index (χ2n) is 6.85. The minimum atomic E-state index is -3.64. The highest BCUT2D eigenvalue weighted by Crippen LogP contribution is 2.33. The van der Waals surface area contributed by atoms with E-state index in [4.69, 9.17) is 4.74 Å². The second kappa shape index (κ2) is 6.37. The minimum Gasteiger partial charge on any atom is -0.495 e. The molecule has 7 heteroatoms. The van der Waals surface area contributed by atoms with Crippen LogP contribution in [0.15, 0.2) is 23.1 Å². The summed E-state index contributed by atoms with van der Waals surface area (Å²) in [6.45, 7) is 3.04. The number of sulfonamides is 1. The van der Waals surface area contributed by atoms with E-state index in [1.54, 1.807) is 12.1 Å². The molecule has 1 saturated carbocycles. The third kappa shape index (κ3) is 3.15. The van der Waals surface area contributed by atoms with E-state index >= 15 is 0 Å². The monoisotopic (exact) mass is 352 g/mol. The van der Waals surface area contributed by atoms with Crippen molar-refractivity contribution in [2.24, 2.45) is 0 Å². The first kappa shape index (κ1) is 17.2. The predicted octanol–water partition coefficient (Wildman–Crippen LogP) is 2.15. The van der Waals surface area contributed by atoms with Crippen LogP contribution in [0.5, 0.6) is 5.75 Å². The molecule has 6 nitrogen and oxygen atoms in total. The molecule has 1 aliphatic carbocycles. The molecule has 1 heterocycles. The molecule has 2 fully saturated rings. The fourth-order valence-electron chi connectivity index (χ4n) is 3.27. The van der Waals surface area contributed by atoms with Gasteiger partial charge in [0.15, 0.2) is 0 Å². The molecular weight excluding hydrogens is 328 g/mol. The van der Waals surface area contributed by atoms with Crippen LogP contribution >= 0.6 is 0 Å². The summed E-state index contributed by atoms with van der Waals surface area (Å²) in [6.07, 6.45) is 4.73. The van der Waals surface area contributed by atoms with Gasteiger partial charge >= 0.3 is 0 Å². The Kier molecular flexibility index (Phi) is 4.57. The highest BCUT2D eigenvalue weighted by Gasteiger charge is 2.34. The molecule has 24 heavy (non-hydrogen) atoms. The fraction of sp³-hybridized carbons (Fsp3) is 0.588. The number of nitrogens with one attached hydrogen (secondary N) is 1. The molecule has 132 valence electrons. The highest BCUT2D eigenvalue weighted by molar-refractivity contribution is 7.89. The van der Waals surface area contributed by atoms with Gasteiger partial charge < -0.3 is 10.1 Å². The Balaban J connectivity index is 1.92. The first-order valence-corrected chi connectivity index (χ1v) is 9.80. The highest BCUT2D eigenvalue weighted by atomic mass is 32.2. The van der Waals surface area contributed by atoms with Crippen LogP contribution < -0.4 is 10.1 Å². The van der Waals surface area contributed by atoms with Crippen LogP contribution in [-0.2, 0) is 10.0 Å². The number of hydrogen-bond donors (Lipinski definition) is 1. The number of rotatable bonds is 5. The summed E-state index contributed by atoms with van der Waals surface area (Å²) in [5.74, 6) is 0.0334. The van der Waals surface area contributed by atoms with Crippen LogP contribution in [0, 0.1) is 0 Å². The van der Waals surface area contributed by atoms with Crippen molar-refractivity contribution in [1.82, 2.24) is 9.62 Å². The molecule has 0 unspecified atom stereocenters.